The van der Waals surface area contributed by atoms with Gasteiger partial charge in [0, 0.05) is 28.5 Å². The molecule has 0 bridgehead atoms. The van der Waals surface area contributed by atoms with E-state index in [1.807, 2.05) is 42.5 Å². The number of rotatable bonds is 6. The number of amides is 1. The molecule has 1 aromatic heterocycles. The van der Waals surface area contributed by atoms with Crippen LogP contribution in [-0.2, 0) is 12.3 Å². The Morgan fingerprint density at radius 3 is 2.27 bits per heavy atom. The Morgan fingerprint density at radius 1 is 0.923 bits per heavy atom. The number of carbonyl (C=O) groups is 1. The second kappa shape index (κ2) is 9.08. The van der Waals surface area contributed by atoms with Crippen molar-refractivity contribution in [2.45, 2.75) is 17.3 Å². The van der Waals surface area contributed by atoms with Gasteiger partial charge in [0.1, 0.15) is 5.03 Å². The predicted octanol–water partition coefficient (Wildman–Crippen LogP) is 5.61. The summed E-state index contributed by atoms with van der Waals surface area (Å²) in [6.07, 6.45) is 1.68. The first-order valence-corrected chi connectivity index (χ1v) is 9.72. The van der Waals surface area contributed by atoms with E-state index in [-0.39, 0.29) is 5.91 Å². The molecule has 3 rings (SSSR count). The zero-order valence-electron chi connectivity index (χ0n) is 13.8. The summed E-state index contributed by atoms with van der Waals surface area (Å²) in [7, 11) is 0. The van der Waals surface area contributed by atoms with Crippen LogP contribution >= 0.6 is 35.0 Å². The van der Waals surface area contributed by atoms with Gasteiger partial charge in [0.05, 0.1) is 5.56 Å². The van der Waals surface area contributed by atoms with Crippen LogP contribution < -0.4 is 5.32 Å². The molecule has 0 unspecified atom stereocenters. The molecule has 1 amide bonds. The van der Waals surface area contributed by atoms with E-state index in [0.29, 0.717) is 32.9 Å². The molecule has 0 saturated heterocycles. The Balaban J connectivity index is 1.69. The van der Waals surface area contributed by atoms with Crippen LogP contribution in [0.25, 0.3) is 0 Å². The lowest BCUT2D eigenvalue weighted by Crippen LogP contribution is -2.23. The summed E-state index contributed by atoms with van der Waals surface area (Å²) in [6.45, 7) is 0.363. The number of hydrogen-bond donors (Lipinski definition) is 1. The van der Waals surface area contributed by atoms with Crippen molar-refractivity contribution in [1.29, 1.82) is 0 Å². The van der Waals surface area contributed by atoms with Crippen LogP contribution in [0.3, 0.4) is 0 Å². The Kier molecular flexibility index (Phi) is 6.56. The van der Waals surface area contributed by atoms with Gasteiger partial charge in [-0.25, -0.2) is 4.98 Å². The van der Waals surface area contributed by atoms with E-state index in [0.717, 1.165) is 11.1 Å². The third-order valence-electron chi connectivity index (χ3n) is 3.74. The number of hydrogen-bond acceptors (Lipinski definition) is 3. The largest absolute Gasteiger partial charge is 0.348 e. The molecule has 0 aliphatic heterocycles. The Bertz CT molecular complexity index is 918. The third-order valence-corrected chi connectivity index (χ3v) is 5.53. The van der Waals surface area contributed by atoms with Gasteiger partial charge in [-0.3, -0.25) is 4.79 Å². The minimum absolute atomic E-state index is 0.181. The molecule has 3 aromatic rings. The fourth-order valence-electron chi connectivity index (χ4n) is 2.35. The number of thioether (sulfide) groups is 1. The molecule has 0 atom stereocenters. The van der Waals surface area contributed by atoms with Gasteiger partial charge in [0.15, 0.2) is 0 Å². The summed E-state index contributed by atoms with van der Waals surface area (Å²) in [5.41, 5.74) is 2.42. The molecule has 26 heavy (non-hydrogen) atoms. The minimum Gasteiger partial charge on any atom is -0.348 e. The van der Waals surface area contributed by atoms with Crippen LogP contribution in [0.2, 0.25) is 10.0 Å². The predicted molar refractivity (Wildman–Crippen MR) is 108 cm³/mol. The molecule has 0 fully saturated rings. The first-order valence-electron chi connectivity index (χ1n) is 7.98. The quantitative estimate of drug-likeness (QED) is 0.544. The molecule has 0 aliphatic carbocycles. The number of halogens is 2. The highest BCUT2D eigenvalue weighted by molar-refractivity contribution is 7.98. The fourth-order valence-corrected chi connectivity index (χ4v) is 3.83. The summed E-state index contributed by atoms with van der Waals surface area (Å²) >= 11 is 13.8. The van der Waals surface area contributed by atoms with E-state index in [9.17, 15) is 4.79 Å². The molecule has 2 aromatic carbocycles. The van der Waals surface area contributed by atoms with Crippen LogP contribution in [0.4, 0.5) is 0 Å². The van der Waals surface area contributed by atoms with Gasteiger partial charge in [-0.2, -0.15) is 0 Å². The molecule has 3 nitrogen and oxygen atoms in total. The Labute approximate surface area is 166 Å². The molecular formula is C20H16Cl2N2OS. The van der Waals surface area contributed by atoms with Gasteiger partial charge < -0.3 is 5.32 Å². The maximum absolute atomic E-state index is 12.6. The average Bonchev–Trinajstić information content (AvgIpc) is 2.67. The number of benzene rings is 2. The topological polar surface area (TPSA) is 42.0 Å². The highest BCUT2D eigenvalue weighted by Gasteiger charge is 2.13. The average molecular weight is 403 g/mol. The number of nitrogens with one attached hydrogen (secondary N) is 1. The summed E-state index contributed by atoms with van der Waals surface area (Å²) < 4.78 is 0. The van der Waals surface area contributed by atoms with Gasteiger partial charge in [-0.15, -0.1) is 11.8 Å². The van der Waals surface area contributed by atoms with Gasteiger partial charge in [0.2, 0.25) is 0 Å². The zero-order chi connectivity index (χ0) is 18.4. The first kappa shape index (κ1) is 18.8. The fraction of sp³-hybridized carbons (Fsp3) is 0.100. The normalized spacial score (nSPS) is 10.5. The molecule has 1 N–H and O–H groups in total. The van der Waals surface area contributed by atoms with E-state index in [1.54, 1.807) is 24.4 Å². The number of nitrogens with zero attached hydrogens (tertiary/aromatic N) is 1. The van der Waals surface area contributed by atoms with Crippen molar-refractivity contribution in [2.75, 3.05) is 0 Å². The number of pyridine rings is 1. The summed E-state index contributed by atoms with van der Waals surface area (Å²) in [5.74, 6) is 0.460. The van der Waals surface area contributed by atoms with Gasteiger partial charge >= 0.3 is 0 Å². The first-order chi connectivity index (χ1) is 12.6. The highest BCUT2D eigenvalue weighted by Crippen LogP contribution is 2.27. The molecule has 1 heterocycles. The van der Waals surface area contributed by atoms with Crippen LogP contribution in [0, 0.1) is 0 Å². The molecule has 0 aliphatic rings. The van der Waals surface area contributed by atoms with Crippen LogP contribution in [0.15, 0.2) is 71.9 Å². The van der Waals surface area contributed by atoms with Crippen molar-refractivity contribution in [3.05, 3.63) is 93.6 Å². The van der Waals surface area contributed by atoms with Gasteiger partial charge in [0.25, 0.3) is 5.91 Å². The summed E-state index contributed by atoms with van der Waals surface area (Å²) in [6, 6.07) is 18.6. The Hall–Kier alpha value is -2.01. The lowest BCUT2D eigenvalue weighted by Gasteiger charge is -2.10. The maximum atomic E-state index is 12.6. The summed E-state index contributed by atoms with van der Waals surface area (Å²) in [4.78, 5) is 16.9. The maximum Gasteiger partial charge on any atom is 0.254 e. The van der Waals surface area contributed by atoms with Crippen molar-refractivity contribution in [2.24, 2.45) is 0 Å². The Morgan fingerprint density at radius 2 is 1.58 bits per heavy atom. The van der Waals surface area contributed by atoms with Crippen molar-refractivity contribution in [1.82, 2.24) is 10.3 Å². The molecule has 6 heteroatoms. The van der Waals surface area contributed by atoms with Crippen molar-refractivity contribution in [3.8, 4) is 0 Å². The lowest BCUT2D eigenvalue weighted by molar-refractivity contribution is 0.0947. The van der Waals surface area contributed by atoms with Crippen LogP contribution in [0.5, 0.6) is 0 Å². The number of aromatic nitrogens is 1. The number of carbonyl (C=O) groups excluding carboxylic acids is 1. The molecule has 0 radical (unpaired) electrons. The summed E-state index contributed by atoms with van der Waals surface area (Å²) in [5, 5.41) is 4.91. The van der Waals surface area contributed by atoms with E-state index < -0.39 is 0 Å². The lowest BCUT2D eigenvalue weighted by atomic mass is 10.2. The standard InChI is InChI=1S/C20H16Cl2N2OS/c21-17-9-3-1-6-14(17)12-24-19(25)16-8-5-11-23-20(16)26-13-15-7-2-4-10-18(15)22/h1-11H,12-13H2,(H,24,25). The second-order valence-corrected chi connectivity index (χ2v) is 7.29. The minimum atomic E-state index is -0.181. The van der Waals surface area contributed by atoms with Crippen molar-refractivity contribution < 1.29 is 4.79 Å². The van der Waals surface area contributed by atoms with E-state index in [1.165, 1.54) is 11.8 Å². The molecule has 0 saturated carbocycles. The highest BCUT2D eigenvalue weighted by atomic mass is 35.5. The monoisotopic (exact) mass is 402 g/mol. The molecular weight excluding hydrogens is 387 g/mol. The third kappa shape index (κ3) is 4.79. The van der Waals surface area contributed by atoms with Crippen molar-refractivity contribution in [3.63, 3.8) is 0 Å². The smallest absolute Gasteiger partial charge is 0.254 e. The molecule has 0 spiro atoms. The van der Waals surface area contributed by atoms with E-state index >= 15 is 0 Å². The van der Waals surface area contributed by atoms with Crippen LogP contribution in [-0.4, -0.2) is 10.9 Å². The van der Waals surface area contributed by atoms with Gasteiger partial charge in [-0.05, 0) is 35.4 Å². The van der Waals surface area contributed by atoms with Gasteiger partial charge in [-0.1, -0.05) is 59.6 Å². The second-order valence-electron chi connectivity index (χ2n) is 5.51. The van der Waals surface area contributed by atoms with E-state index in [4.69, 9.17) is 23.2 Å². The zero-order valence-corrected chi connectivity index (χ0v) is 16.1. The van der Waals surface area contributed by atoms with E-state index in [2.05, 4.69) is 10.3 Å². The molecule has 132 valence electrons. The van der Waals surface area contributed by atoms with Crippen LogP contribution in [0.1, 0.15) is 21.5 Å². The SMILES string of the molecule is O=C(NCc1ccccc1Cl)c1cccnc1SCc1ccccc1Cl. The van der Waals surface area contributed by atoms with Crippen molar-refractivity contribution >= 4 is 40.9 Å².